The van der Waals surface area contributed by atoms with E-state index in [-0.39, 0.29) is 20.1 Å². The van der Waals surface area contributed by atoms with Crippen molar-refractivity contribution in [1.29, 1.82) is 0 Å². The van der Waals surface area contributed by atoms with Crippen LogP contribution < -0.4 is 9.62 Å². The molecule has 0 unspecified atom stereocenters. The smallest absolute Gasteiger partial charge is 0.358 e. The number of pyridine rings is 2. The van der Waals surface area contributed by atoms with Gasteiger partial charge in [0.25, 0.3) is 0 Å². The Labute approximate surface area is 158 Å². The monoisotopic (exact) mass is 498 g/mol. The summed E-state index contributed by atoms with van der Waals surface area (Å²) in [6.45, 7) is 8.69. The van der Waals surface area contributed by atoms with Crippen molar-refractivity contribution in [2.75, 3.05) is 9.62 Å². The van der Waals surface area contributed by atoms with Crippen molar-refractivity contribution in [1.82, 2.24) is 9.97 Å². The van der Waals surface area contributed by atoms with E-state index in [2.05, 4.69) is 61.9 Å². The minimum Gasteiger partial charge on any atom is -0.358 e. The Kier molecular flexibility index (Phi) is 6.19. The molecule has 2 aromatic rings. The van der Waals surface area contributed by atoms with E-state index in [1.165, 1.54) is 11.1 Å². The molecule has 0 atom stereocenters. The van der Waals surface area contributed by atoms with Gasteiger partial charge in [-0.05, 0) is 35.1 Å². The van der Waals surface area contributed by atoms with Crippen LogP contribution in [-0.2, 0) is 20.1 Å². The minimum atomic E-state index is 0. The van der Waals surface area contributed by atoms with Crippen LogP contribution >= 0.6 is 0 Å². The average Bonchev–Trinajstić information content (AvgIpc) is 3.05. The fourth-order valence-corrected chi connectivity index (χ4v) is 2.41. The predicted molar refractivity (Wildman–Crippen MR) is 96.5 cm³/mol. The number of hydrogen-bond donors (Lipinski definition) is 0. The van der Waals surface area contributed by atoms with Crippen molar-refractivity contribution in [3.8, 4) is 0 Å². The number of rotatable bonds is 4. The third-order valence-corrected chi connectivity index (χ3v) is 4.04. The second-order valence-corrected chi connectivity index (χ2v) is 6.44. The molecule has 0 spiro atoms. The third-order valence-electron chi connectivity index (χ3n) is 4.04. The van der Waals surface area contributed by atoms with Crippen molar-refractivity contribution in [2.45, 2.75) is 39.5 Å². The van der Waals surface area contributed by atoms with Crippen molar-refractivity contribution in [2.24, 2.45) is 0 Å². The molecule has 0 aliphatic carbocycles. The van der Waals surface area contributed by atoms with Crippen molar-refractivity contribution >= 4 is 19.2 Å². The van der Waals surface area contributed by atoms with E-state index >= 15 is 0 Å². The van der Waals surface area contributed by atoms with Crippen LogP contribution in [0.5, 0.6) is 0 Å². The first-order valence-corrected chi connectivity index (χ1v) is 8.06. The maximum Gasteiger partial charge on any atom is 0.402 e. The number of nitrogens with zero attached hydrogens (tertiary/aromatic N) is 4. The van der Waals surface area contributed by atoms with Gasteiger partial charge >= 0.3 is 7.55 Å². The molecular formula is C18H22BIrN4. The van der Waals surface area contributed by atoms with Crippen LogP contribution in [0.15, 0.2) is 49.1 Å². The van der Waals surface area contributed by atoms with Gasteiger partial charge in [-0.1, -0.05) is 39.8 Å². The summed E-state index contributed by atoms with van der Waals surface area (Å²) in [5, 5.41) is 0. The van der Waals surface area contributed by atoms with Gasteiger partial charge in [0.15, 0.2) is 0 Å². The number of hydrogen-bond acceptors (Lipinski definition) is 4. The largest absolute Gasteiger partial charge is 0.402 e. The van der Waals surface area contributed by atoms with Crippen LogP contribution in [0.1, 0.15) is 50.7 Å². The Morgan fingerprint density at radius 1 is 0.750 bits per heavy atom. The Balaban J connectivity index is 0.00000208. The van der Waals surface area contributed by atoms with Gasteiger partial charge in [-0.2, -0.15) is 0 Å². The maximum atomic E-state index is 4.54. The second kappa shape index (κ2) is 7.95. The Hall–Kier alpha value is -1.65. The summed E-state index contributed by atoms with van der Waals surface area (Å²) in [5.74, 6) is 2.81. The molecule has 0 N–H and O–H groups in total. The fourth-order valence-electron chi connectivity index (χ4n) is 2.41. The quantitative estimate of drug-likeness (QED) is 0.597. The normalized spacial score (nSPS) is 13.4. The molecule has 1 aliphatic rings. The van der Waals surface area contributed by atoms with Gasteiger partial charge in [-0.3, -0.25) is 0 Å². The number of aromatic nitrogens is 2. The summed E-state index contributed by atoms with van der Waals surface area (Å²) >= 11 is 0. The van der Waals surface area contributed by atoms with Gasteiger partial charge in [0.2, 0.25) is 0 Å². The molecule has 0 bridgehead atoms. The van der Waals surface area contributed by atoms with Gasteiger partial charge in [-0.25, -0.2) is 9.97 Å². The molecule has 0 saturated heterocycles. The molecule has 0 amide bonds. The van der Waals surface area contributed by atoms with Crippen LogP contribution in [0.3, 0.4) is 0 Å². The standard InChI is InChI=1S/C18H22BN4.Ir/c1-13(2)15-5-7-17(20-11-15)22-9-10-23(19-22)18-8-6-16(12-21-18)14(3)4;/h5-14H,1-4H3;. The fraction of sp³-hybridized carbons (Fsp3) is 0.333. The van der Waals surface area contributed by atoms with E-state index in [1.54, 1.807) is 0 Å². The molecule has 1 aliphatic heterocycles. The molecule has 2 aromatic heterocycles. The summed E-state index contributed by atoms with van der Waals surface area (Å²) in [6, 6.07) is 8.37. The molecular weight excluding hydrogens is 475 g/mol. The van der Waals surface area contributed by atoms with Crippen LogP contribution in [0, 0.1) is 0 Å². The predicted octanol–water partition coefficient (Wildman–Crippen LogP) is 4.05. The number of anilines is 2. The summed E-state index contributed by atoms with van der Waals surface area (Å²) < 4.78 is 0. The third kappa shape index (κ3) is 4.06. The average molecular weight is 497 g/mol. The second-order valence-electron chi connectivity index (χ2n) is 6.44. The minimum absolute atomic E-state index is 0. The molecule has 0 saturated carbocycles. The van der Waals surface area contributed by atoms with Crippen LogP contribution in [0.2, 0.25) is 0 Å². The van der Waals surface area contributed by atoms with E-state index in [0.29, 0.717) is 11.8 Å². The van der Waals surface area contributed by atoms with Gasteiger partial charge in [0.1, 0.15) is 11.6 Å². The van der Waals surface area contributed by atoms with Crippen molar-refractivity contribution < 1.29 is 20.1 Å². The molecule has 0 aromatic carbocycles. The SMILES string of the molecule is CC(C)c1ccc(N2[B]N(c3ccc(C(C)C)cn3)C=C2)nc1.[Ir]. The van der Waals surface area contributed by atoms with Gasteiger partial charge in [-0.15, -0.1) is 0 Å². The van der Waals surface area contributed by atoms with Gasteiger partial charge < -0.3 is 9.62 Å². The molecule has 3 heterocycles. The zero-order chi connectivity index (χ0) is 16.4. The van der Waals surface area contributed by atoms with Gasteiger partial charge in [0, 0.05) is 44.9 Å². The van der Waals surface area contributed by atoms with E-state index in [9.17, 15) is 0 Å². The molecule has 6 heteroatoms. The van der Waals surface area contributed by atoms with E-state index in [4.69, 9.17) is 0 Å². The van der Waals surface area contributed by atoms with E-state index in [1.807, 2.05) is 42.0 Å². The van der Waals surface area contributed by atoms with Crippen molar-refractivity contribution in [3.05, 3.63) is 60.2 Å². The first kappa shape index (κ1) is 18.7. The summed E-state index contributed by atoms with van der Waals surface area (Å²) in [7, 11) is 1.99. The Morgan fingerprint density at radius 3 is 1.46 bits per heavy atom. The molecule has 3 rings (SSSR count). The Morgan fingerprint density at radius 2 is 1.17 bits per heavy atom. The molecule has 2 radical (unpaired) electrons. The summed E-state index contributed by atoms with van der Waals surface area (Å²) in [4.78, 5) is 13.1. The van der Waals surface area contributed by atoms with E-state index < -0.39 is 0 Å². The van der Waals surface area contributed by atoms with Crippen LogP contribution in [0.25, 0.3) is 0 Å². The zero-order valence-corrected chi connectivity index (χ0v) is 16.9. The zero-order valence-electron chi connectivity index (χ0n) is 14.5. The molecule has 126 valence electrons. The topological polar surface area (TPSA) is 32.3 Å². The summed E-state index contributed by atoms with van der Waals surface area (Å²) in [6.07, 6.45) is 7.88. The van der Waals surface area contributed by atoms with Crippen LogP contribution in [0.4, 0.5) is 11.6 Å². The molecule has 0 fully saturated rings. The van der Waals surface area contributed by atoms with Gasteiger partial charge in [0.05, 0.1) is 0 Å². The van der Waals surface area contributed by atoms with Crippen molar-refractivity contribution in [3.63, 3.8) is 0 Å². The summed E-state index contributed by atoms with van der Waals surface area (Å²) in [5.41, 5.74) is 2.50. The molecule has 24 heavy (non-hydrogen) atoms. The maximum absolute atomic E-state index is 4.54. The molecule has 4 nitrogen and oxygen atoms in total. The first-order valence-electron chi connectivity index (χ1n) is 8.06. The Bertz CT molecular complexity index is 624. The van der Waals surface area contributed by atoms with Crippen LogP contribution in [-0.4, -0.2) is 17.5 Å². The first-order chi connectivity index (χ1) is 11.0. The van der Waals surface area contributed by atoms with E-state index in [0.717, 1.165) is 11.6 Å².